The second kappa shape index (κ2) is 5.74. The van der Waals surface area contributed by atoms with Gasteiger partial charge in [0.05, 0.1) is 11.9 Å². The lowest BCUT2D eigenvalue weighted by molar-refractivity contribution is 0.850. The number of nitrogens with zero attached hydrogens (tertiary/aromatic N) is 2. The monoisotopic (exact) mass is 255 g/mol. The number of nitrogens with two attached hydrogens (primary N) is 1. The van der Waals surface area contributed by atoms with Crippen LogP contribution in [0.4, 0.5) is 11.4 Å². The van der Waals surface area contributed by atoms with Gasteiger partial charge < -0.3 is 10.6 Å². The molecule has 3 nitrogen and oxygen atoms in total. The van der Waals surface area contributed by atoms with Gasteiger partial charge in [-0.2, -0.15) is 0 Å². The third-order valence-corrected chi connectivity index (χ3v) is 3.31. The molecule has 2 N–H and O–H groups in total. The van der Waals surface area contributed by atoms with Crippen LogP contribution in [-0.2, 0) is 6.42 Å². The summed E-state index contributed by atoms with van der Waals surface area (Å²) in [6.07, 6.45) is 2.64. The van der Waals surface area contributed by atoms with Crippen molar-refractivity contribution in [1.29, 1.82) is 0 Å². The summed E-state index contributed by atoms with van der Waals surface area (Å²) in [5.74, 6) is 0. The highest BCUT2D eigenvalue weighted by Gasteiger charge is 2.05. The fourth-order valence-corrected chi connectivity index (χ4v) is 2.22. The van der Waals surface area contributed by atoms with Crippen molar-refractivity contribution in [2.45, 2.75) is 20.3 Å². The normalized spacial score (nSPS) is 10.5. The molecule has 0 fully saturated rings. The number of anilines is 2. The van der Waals surface area contributed by atoms with E-state index in [1.54, 1.807) is 6.20 Å². The van der Waals surface area contributed by atoms with Crippen LogP contribution in [0.3, 0.4) is 0 Å². The summed E-state index contributed by atoms with van der Waals surface area (Å²) in [5.41, 5.74) is 11.3. The molecule has 0 radical (unpaired) electrons. The first kappa shape index (κ1) is 13.4. The van der Waals surface area contributed by atoms with E-state index in [0.29, 0.717) is 5.69 Å². The number of pyridine rings is 1. The lowest BCUT2D eigenvalue weighted by atomic mass is 10.1. The van der Waals surface area contributed by atoms with Crippen LogP contribution < -0.4 is 10.6 Å². The molecule has 0 aliphatic carbocycles. The van der Waals surface area contributed by atoms with E-state index in [1.807, 2.05) is 12.1 Å². The molecule has 0 aliphatic rings. The van der Waals surface area contributed by atoms with Crippen LogP contribution in [0.2, 0.25) is 0 Å². The molecule has 1 aromatic carbocycles. The number of likely N-dealkylation sites (N-methyl/N-ethyl adjacent to an activating group) is 1. The Labute approximate surface area is 115 Å². The highest BCUT2D eigenvalue weighted by atomic mass is 15.1. The number of hydrogen-bond donors (Lipinski definition) is 1. The summed E-state index contributed by atoms with van der Waals surface area (Å²) in [4.78, 5) is 6.60. The van der Waals surface area contributed by atoms with Crippen molar-refractivity contribution in [1.82, 2.24) is 4.98 Å². The first-order valence-corrected chi connectivity index (χ1v) is 6.55. The van der Waals surface area contributed by atoms with E-state index < -0.39 is 0 Å². The zero-order chi connectivity index (χ0) is 13.8. The molecule has 1 aromatic heterocycles. The predicted octanol–water partition coefficient (Wildman–Crippen LogP) is 2.96. The SMILES string of the molecule is Cc1ccc(N(C)CCc2ccc(N)cn2)c(C)c1. The molecular formula is C16H21N3. The van der Waals surface area contributed by atoms with Crippen molar-refractivity contribution in [2.75, 3.05) is 24.2 Å². The molecule has 0 aliphatic heterocycles. The third kappa shape index (κ3) is 3.47. The smallest absolute Gasteiger partial charge is 0.0501 e. The lowest BCUT2D eigenvalue weighted by Crippen LogP contribution is -2.21. The standard InChI is InChI=1S/C16H21N3/c1-12-4-7-16(13(2)10-12)19(3)9-8-15-6-5-14(17)11-18-15/h4-7,10-11H,8-9,17H2,1-3H3. The lowest BCUT2D eigenvalue weighted by Gasteiger charge is -2.21. The number of rotatable bonds is 4. The van der Waals surface area contributed by atoms with Crippen molar-refractivity contribution in [3.63, 3.8) is 0 Å². The average Bonchev–Trinajstić information content (AvgIpc) is 2.37. The van der Waals surface area contributed by atoms with Gasteiger partial charge in [-0.25, -0.2) is 0 Å². The zero-order valence-corrected chi connectivity index (χ0v) is 11.9. The maximum atomic E-state index is 5.63. The Morgan fingerprint density at radius 1 is 1.16 bits per heavy atom. The van der Waals surface area contributed by atoms with Crippen molar-refractivity contribution >= 4 is 11.4 Å². The van der Waals surface area contributed by atoms with Gasteiger partial charge in [0.25, 0.3) is 0 Å². The van der Waals surface area contributed by atoms with Gasteiger partial charge in [0.2, 0.25) is 0 Å². The molecule has 0 saturated carbocycles. The minimum absolute atomic E-state index is 0.714. The Hall–Kier alpha value is -2.03. The molecule has 2 aromatic rings. The Bertz CT molecular complexity index is 546. The number of hydrogen-bond acceptors (Lipinski definition) is 3. The van der Waals surface area contributed by atoms with E-state index in [-0.39, 0.29) is 0 Å². The molecule has 0 saturated heterocycles. The van der Waals surface area contributed by atoms with Crippen molar-refractivity contribution in [3.05, 3.63) is 53.3 Å². The van der Waals surface area contributed by atoms with E-state index in [9.17, 15) is 0 Å². The maximum Gasteiger partial charge on any atom is 0.0501 e. The molecule has 1 heterocycles. The number of nitrogen functional groups attached to an aromatic ring is 1. The second-order valence-corrected chi connectivity index (χ2v) is 5.04. The van der Waals surface area contributed by atoms with E-state index in [2.05, 4.69) is 49.0 Å². The molecule has 100 valence electrons. The van der Waals surface area contributed by atoms with Crippen LogP contribution >= 0.6 is 0 Å². The van der Waals surface area contributed by atoms with Crippen LogP contribution in [0.5, 0.6) is 0 Å². The molecule has 0 atom stereocenters. The molecule has 0 unspecified atom stereocenters. The van der Waals surface area contributed by atoms with Gasteiger partial charge in [0.15, 0.2) is 0 Å². The van der Waals surface area contributed by atoms with E-state index in [4.69, 9.17) is 5.73 Å². The van der Waals surface area contributed by atoms with Crippen LogP contribution in [0, 0.1) is 13.8 Å². The van der Waals surface area contributed by atoms with Crippen molar-refractivity contribution in [2.24, 2.45) is 0 Å². The minimum atomic E-state index is 0.714. The van der Waals surface area contributed by atoms with Crippen LogP contribution in [0.15, 0.2) is 36.5 Å². The third-order valence-electron chi connectivity index (χ3n) is 3.31. The van der Waals surface area contributed by atoms with E-state index >= 15 is 0 Å². The van der Waals surface area contributed by atoms with E-state index in [0.717, 1.165) is 18.7 Å². The fourth-order valence-electron chi connectivity index (χ4n) is 2.22. The fraction of sp³-hybridized carbons (Fsp3) is 0.312. The number of benzene rings is 1. The molecule has 19 heavy (non-hydrogen) atoms. The van der Waals surface area contributed by atoms with Crippen LogP contribution in [0.1, 0.15) is 16.8 Å². The van der Waals surface area contributed by atoms with Gasteiger partial charge in [-0.05, 0) is 37.6 Å². The van der Waals surface area contributed by atoms with E-state index in [1.165, 1.54) is 16.8 Å². The summed E-state index contributed by atoms with van der Waals surface area (Å²) in [5, 5.41) is 0. The highest BCUT2D eigenvalue weighted by Crippen LogP contribution is 2.20. The van der Waals surface area contributed by atoms with Gasteiger partial charge in [-0.1, -0.05) is 17.7 Å². The van der Waals surface area contributed by atoms with Crippen LogP contribution in [0.25, 0.3) is 0 Å². The Balaban J connectivity index is 2.01. The summed E-state index contributed by atoms with van der Waals surface area (Å²) >= 11 is 0. The van der Waals surface area contributed by atoms with Gasteiger partial charge in [-0.3, -0.25) is 4.98 Å². The van der Waals surface area contributed by atoms with Gasteiger partial charge >= 0.3 is 0 Å². The quantitative estimate of drug-likeness (QED) is 0.913. The van der Waals surface area contributed by atoms with Gasteiger partial charge in [0, 0.05) is 31.4 Å². The molecule has 0 amide bonds. The molecular weight excluding hydrogens is 234 g/mol. The number of aryl methyl sites for hydroxylation is 2. The first-order valence-electron chi connectivity index (χ1n) is 6.55. The Morgan fingerprint density at radius 2 is 1.95 bits per heavy atom. The van der Waals surface area contributed by atoms with Crippen LogP contribution in [-0.4, -0.2) is 18.6 Å². The minimum Gasteiger partial charge on any atom is -0.397 e. The first-order chi connectivity index (χ1) is 9.06. The van der Waals surface area contributed by atoms with Crippen molar-refractivity contribution in [3.8, 4) is 0 Å². The molecule has 3 heteroatoms. The van der Waals surface area contributed by atoms with Gasteiger partial charge in [-0.15, -0.1) is 0 Å². The maximum absolute atomic E-state index is 5.63. The predicted molar refractivity (Wildman–Crippen MR) is 81.5 cm³/mol. The Morgan fingerprint density at radius 3 is 2.58 bits per heavy atom. The van der Waals surface area contributed by atoms with Crippen molar-refractivity contribution < 1.29 is 0 Å². The topological polar surface area (TPSA) is 42.1 Å². The summed E-state index contributed by atoms with van der Waals surface area (Å²) in [6.45, 7) is 5.22. The summed E-state index contributed by atoms with van der Waals surface area (Å²) < 4.78 is 0. The largest absolute Gasteiger partial charge is 0.397 e. The molecule has 0 bridgehead atoms. The Kier molecular flexibility index (Phi) is 4.05. The summed E-state index contributed by atoms with van der Waals surface area (Å²) in [7, 11) is 2.12. The van der Waals surface area contributed by atoms with Gasteiger partial charge in [0.1, 0.15) is 0 Å². The number of aromatic nitrogens is 1. The second-order valence-electron chi connectivity index (χ2n) is 5.04. The molecule has 0 spiro atoms. The highest BCUT2D eigenvalue weighted by molar-refractivity contribution is 5.53. The summed E-state index contributed by atoms with van der Waals surface area (Å²) in [6, 6.07) is 10.4. The zero-order valence-electron chi connectivity index (χ0n) is 11.9. The average molecular weight is 255 g/mol. The molecule has 2 rings (SSSR count).